The highest BCUT2D eigenvalue weighted by Crippen LogP contribution is 2.36. The summed E-state index contributed by atoms with van der Waals surface area (Å²) in [5, 5.41) is 7.38. The molecule has 0 spiro atoms. The van der Waals surface area contributed by atoms with E-state index in [2.05, 4.69) is 10.6 Å². The lowest BCUT2D eigenvalue weighted by molar-refractivity contribution is 0.304. The first kappa shape index (κ1) is 7.34. The molecule has 3 fully saturated rings. The number of nitrogens with one attached hydrogen (secondary N) is 2. The molecule has 0 aromatic rings. The molecule has 1 heterocycles. The molecule has 3 aliphatic rings. The lowest BCUT2D eigenvalue weighted by Gasteiger charge is -2.31. The van der Waals surface area contributed by atoms with Gasteiger partial charge >= 0.3 is 0 Å². The number of hydrogen-bond donors (Lipinski definition) is 2. The van der Waals surface area contributed by atoms with Gasteiger partial charge in [-0.2, -0.15) is 0 Å². The largest absolute Gasteiger partial charge is 0.311 e. The number of rotatable bonds is 2. The first-order valence-corrected chi connectivity index (χ1v) is 5.40. The Bertz CT molecular complexity index is 145. The van der Waals surface area contributed by atoms with Gasteiger partial charge < -0.3 is 10.6 Å². The van der Waals surface area contributed by atoms with Crippen molar-refractivity contribution < 1.29 is 0 Å². The van der Waals surface area contributed by atoms with Gasteiger partial charge in [0.15, 0.2) is 0 Å². The molecule has 2 atom stereocenters. The van der Waals surface area contributed by atoms with Crippen molar-refractivity contribution in [3.8, 4) is 0 Å². The molecule has 1 aliphatic heterocycles. The normalized spacial score (nSPS) is 43.0. The van der Waals surface area contributed by atoms with Crippen LogP contribution in [0.5, 0.6) is 0 Å². The predicted octanol–water partition coefficient (Wildman–Crippen LogP) is 0.736. The first-order valence-electron chi connectivity index (χ1n) is 5.40. The zero-order valence-corrected chi connectivity index (χ0v) is 7.55. The number of hydrogen-bond acceptors (Lipinski definition) is 2. The average molecular weight is 166 g/mol. The molecule has 2 nitrogen and oxygen atoms in total. The molecule has 2 heteroatoms. The maximum atomic E-state index is 3.69. The highest BCUT2D eigenvalue weighted by atomic mass is 15.1. The summed E-state index contributed by atoms with van der Waals surface area (Å²) < 4.78 is 0. The fraction of sp³-hybridized carbons (Fsp3) is 1.00. The minimum absolute atomic E-state index is 0.806. The zero-order chi connectivity index (χ0) is 7.97. The monoisotopic (exact) mass is 166 g/mol. The Hall–Kier alpha value is -0.0800. The summed E-state index contributed by atoms with van der Waals surface area (Å²) in [5.74, 6) is 2.02. The topological polar surface area (TPSA) is 24.1 Å². The van der Waals surface area contributed by atoms with Gasteiger partial charge in [-0.25, -0.2) is 0 Å². The average Bonchev–Trinajstić information content (AvgIpc) is 2.98. The minimum Gasteiger partial charge on any atom is -0.311 e. The van der Waals surface area contributed by atoms with Crippen LogP contribution in [0.25, 0.3) is 0 Å². The first-order chi connectivity index (χ1) is 5.93. The van der Waals surface area contributed by atoms with Crippen LogP contribution >= 0.6 is 0 Å². The summed E-state index contributed by atoms with van der Waals surface area (Å²) >= 11 is 0. The van der Waals surface area contributed by atoms with Gasteiger partial charge in [0, 0.05) is 25.2 Å². The summed E-state index contributed by atoms with van der Waals surface area (Å²) in [7, 11) is 0. The predicted molar refractivity (Wildman–Crippen MR) is 49.0 cm³/mol. The zero-order valence-electron chi connectivity index (χ0n) is 7.55. The van der Waals surface area contributed by atoms with Crippen molar-refractivity contribution in [2.45, 2.75) is 37.8 Å². The van der Waals surface area contributed by atoms with Crippen LogP contribution in [0.3, 0.4) is 0 Å². The molecule has 0 radical (unpaired) electrons. The van der Waals surface area contributed by atoms with Crippen molar-refractivity contribution in [3.63, 3.8) is 0 Å². The van der Waals surface area contributed by atoms with E-state index in [1.54, 1.807) is 0 Å². The fourth-order valence-corrected chi connectivity index (χ4v) is 2.36. The Morgan fingerprint density at radius 2 is 1.08 bits per heavy atom. The smallest absolute Gasteiger partial charge is 0.0221 e. The Morgan fingerprint density at radius 1 is 0.667 bits per heavy atom. The van der Waals surface area contributed by atoms with Gasteiger partial charge in [0.25, 0.3) is 0 Å². The van der Waals surface area contributed by atoms with Gasteiger partial charge in [0.1, 0.15) is 0 Å². The van der Waals surface area contributed by atoms with Crippen LogP contribution in [0, 0.1) is 11.8 Å². The van der Waals surface area contributed by atoms with Gasteiger partial charge in [0.05, 0.1) is 0 Å². The molecule has 2 aliphatic carbocycles. The molecule has 2 saturated carbocycles. The van der Waals surface area contributed by atoms with Crippen LogP contribution in [0.1, 0.15) is 25.7 Å². The Kier molecular flexibility index (Phi) is 1.66. The van der Waals surface area contributed by atoms with Crippen molar-refractivity contribution in [2.24, 2.45) is 11.8 Å². The lowest BCUT2D eigenvalue weighted by Crippen LogP contribution is -2.55. The molecule has 1 saturated heterocycles. The summed E-state index contributed by atoms with van der Waals surface area (Å²) in [6, 6.07) is 1.61. The minimum atomic E-state index is 0.806. The second-order valence-corrected chi connectivity index (χ2v) is 4.70. The van der Waals surface area contributed by atoms with Crippen LogP contribution in [-0.2, 0) is 0 Å². The maximum Gasteiger partial charge on any atom is 0.0221 e. The Balaban J connectivity index is 1.51. The third-order valence-electron chi connectivity index (χ3n) is 3.58. The third-order valence-corrected chi connectivity index (χ3v) is 3.58. The summed E-state index contributed by atoms with van der Waals surface area (Å²) in [6.07, 6.45) is 5.86. The van der Waals surface area contributed by atoms with E-state index in [0.717, 1.165) is 23.9 Å². The molecule has 12 heavy (non-hydrogen) atoms. The molecule has 0 bridgehead atoms. The fourth-order valence-electron chi connectivity index (χ4n) is 2.36. The van der Waals surface area contributed by atoms with Crippen LogP contribution in [0.2, 0.25) is 0 Å². The van der Waals surface area contributed by atoms with Crippen molar-refractivity contribution in [3.05, 3.63) is 0 Å². The van der Waals surface area contributed by atoms with Gasteiger partial charge in [0.2, 0.25) is 0 Å². The molecule has 0 aromatic carbocycles. The van der Waals surface area contributed by atoms with E-state index in [9.17, 15) is 0 Å². The second-order valence-electron chi connectivity index (χ2n) is 4.70. The van der Waals surface area contributed by atoms with E-state index >= 15 is 0 Å². The van der Waals surface area contributed by atoms with Crippen LogP contribution in [0.15, 0.2) is 0 Å². The van der Waals surface area contributed by atoms with E-state index in [1.807, 2.05) is 0 Å². The molecule has 0 amide bonds. The molecular formula is C10H18N2. The summed E-state index contributed by atoms with van der Waals surface area (Å²) in [4.78, 5) is 0. The van der Waals surface area contributed by atoms with Crippen molar-refractivity contribution in [1.29, 1.82) is 0 Å². The highest BCUT2D eigenvalue weighted by molar-refractivity contribution is 4.97. The van der Waals surface area contributed by atoms with Gasteiger partial charge in [-0.3, -0.25) is 0 Å². The van der Waals surface area contributed by atoms with Crippen molar-refractivity contribution in [1.82, 2.24) is 10.6 Å². The lowest BCUT2D eigenvalue weighted by atomic mass is 10.1. The summed E-state index contributed by atoms with van der Waals surface area (Å²) in [5.41, 5.74) is 0. The quantitative estimate of drug-likeness (QED) is 0.632. The molecule has 2 unspecified atom stereocenters. The Labute approximate surface area is 74.1 Å². The van der Waals surface area contributed by atoms with E-state index < -0.39 is 0 Å². The van der Waals surface area contributed by atoms with E-state index in [0.29, 0.717) is 0 Å². The van der Waals surface area contributed by atoms with Gasteiger partial charge in [-0.1, -0.05) is 0 Å². The summed E-state index contributed by atoms with van der Waals surface area (Å²) in [6.45, 7) is 2.46. The maximum absolute atomic E-state index is 3.69. The van der Waals surface area contributed by atoms with E-state index in [1.165, 1.54) is 38.8 Å². The van der Waals surface area contributed by atoms with Gasteiger partial charge in [-0.15, -0.1) is 0 Å². The van der Waals surface area contributed by atoms with Crippen molar-refractivity contribution >= 4 is 0 Å². The molecular weight excluding hydrogens is 148 g/mol. The molecule has 2 N–H and O–H groups in total. The molecule has 3 rings (SSSR count). The van der Waals surface area contributed by atoms with E-state index in [-0.39, 0.29) is 0 Å². The second kappa shape index (κ2) is 2.71. The van der Waals surface area contributed by atoms with Crippen molar-refractivity contribution in [2.75, 3.05) is 13.1 Å². The van der Waals surface area contributed by atoms with Crippen LogP contribution in [-0.4, -0.2) is 25.2 Å². The van der Waals surface area contributed by atoms with E-state index in [4.69, 9.17) is 0 Å². The van der Waals surface area contributed by atoms with Gasteiger partial charge in [-0.05, 0) is 37.5 Å². The van der Waals surface area contributed by atoms with Crippen LogP contribution in [0.4, 0.5) is 0 Å². The standard InChI is InChI=1S/C10H18N2/c1-2-7(1)9-5-12-10(6-11-9)8-3-4-8/h7-12H,1-6H2. The van der Waals surface area contributed by atoms with Crippen LogP contribution < -0.4 is 10.6 Å². The molecule has 68 valence electrons. The number of piperazine rings is 1. The molecule has 0 aromatic heterocycles. The highest BCUT2D eigenvalue weighted by Gasteiger charge is 2.38. The Morgan fingerprint density at radius 3 is 1.33 bits per heavy atom. The SMILES string of the molecule is C1CC1C1CNC(C2CC2)CN1. The third kappa shape index (κ3) is 1.38.